The fourth-order valence-corrected chi connectivity index (χ4v) is 6.06. The molecular formula is C34H61N9O21. The van der Waals surface area contributed by atoms with Gasteiger partial charge < -0.3 is 119 Å². The van der Waals surface area contributed by atoms with E-state index in [-0.39, 0.29) is 25.3 Å². The quantitative estimate of drug-likeness (QED) is 0.0230. The Kier molecular flexibility index (Phi) is 23.0. The molecule has 2 aliphatic heterocycles. The number of carboxylic acids is 1. The number of rotatable bonds is 25. The van der Waals surface area contributed by atoms with Crippen LogP contribution in [0.25, 0.3) is 0 Å². The van der Waals surface area contributed by atoms with Crippen LogP contribution in [0.15, 0.2) is 4.99 Å². The average molecular weight is 932 g/mol. The Morgan fingerprint density at radius 2 is 1.17 bits per heavy atom. The van der Waals surface area contributed by atoms with Crippen molar-refractivity contribution in [2.75, 3.05) is 39.6 Å². The van der Waals surface area contributed by atoms with Crippen molar-refractivity contribution in [2.24, 2.45) is 22.2 Å². The molecule has 30 heteroatoms. The lowest BCUT2D eigenvalue weighted by Gasteiger charge is -2.46. The number of nitrogens with zero attached hydrogens (tertiary/aromatic N) is 1. The van der Waals surface area contributed by atoms with Crippen molar-refractivity contribution in [1.29, 1.82) is 0 Å². The summed E-state index contributed by atoms with van der Waals surface area (Å²) in [5, 5.41) is 122. The number of aliphatic hydroxyl groups excluding tert-OH is 10. The lowest BCUT2D eigenvalue weighted by molar-refractivity contribution is -0.362. The van der Waals surface area contributed by atoms with Gasteiger partial charge in [-0.15, -0.1) is 0 Å². The summed E-state index contributed by atoms with van der Waals surface area (Å²) in [4.78, 5) is 80.9. The molecule has 2 heterocycles. The molecule has 0 aromatic carbocycles. The lowest BCUT2D eigenvalue weighted by atomic mass is 9.97. The average Bonchev–Trinajstić information content (AvgIpc) is 3.25. The normalized spacial score (nSPS) is 29.0. The molecule has 368 valence electrons. The van der Waals surface area contributed by atoms with E-state index < -0.39 is 172 Å². The van der Waals surface area contributed by atoms with Crippen LogP contribution in [0.3, 0.4) is 0 Å². The van der Waals surface area contributed by atoms with Crippen molar-refractivity contribution in [1.82, 2.24) is 26.6 Å². The van der Waals surface area contributed by atoms with Gasteiger partial charge in [-0.2, -0.15) is 0 Å². The number of hydrogen-bond donors (Lipinski definition) is 19. The number of aliphatic imine (C=N–C) groups is 1. The van der Waals surface area contributed by atoms with Gasteiger partial charge in [-0.25, -0.2) is 4.79 Å². The van der Waals surface area contributed by atoms with E-state index in [4.69, 9.17) is 41.3 Å². The summed E-state index contributed by atoms with van der Waals surface area (Å²) < 4.78 is 22.1. The number of carboxylic acid groups (broad SMARTS) is 1. The van der Waals surface area contributed by atoms with Crippen LogP contribution in [-0.2, 0) is 47.7 Å². The monoisotopic (exact) mass is 931 g/mol. The molecule has 5 amide bonds. The van der Waals surface area contributed by atoms with Crippen molar-refractivity contribution >= 4 is 41.5 Å². The second kappa shape index (κ2) is 26.5. The standard InChI is InChI=1S/C34H61N9O21/c1-11(39-27(55)13(35)6-44)26(54)41-15(7-45)28(56)42-16(8-46)29(57)43-19(30(58)40-14(31(59)60)4-3-5-38-34(36)37)12(2)61-32-24(53)22(51)25(18(10-48)63-32)64-33-23(52)21(50)20(49)17(9-47)62-33/h11-25,32-33,44-53H,3-10,35H2,1-2H3,(H,39,55)(H,40,58)(H,41,54)(H,42,56)(H,43,57)(H,59,60)(H4,36,37,38)/t11-,12+,13-,14-,15-,16-,17+,18+,19-,20-,21-,22+,23+,24+,25+,32-,33-/m0/s1. The molecule has 2 saturated heterocycles. The number of aliphatic carboxylic acids is 1. The third-order valence-corrected chi connectivity index (χ3v) is 9.84. The molecule has 0 saturated carbocycles. The summed E-state index contributed by atoms with van der Waals surface area (Å²) >= 11 is 0. The molecule has 0 radical (unpaired) electrons. The summed E-state index contributed by atoms with van der Waals surface area (Å²) in [6.45, 7) is -2.62. The van der Waals surface area contributed by atoms with E-state index in [2.05, 4.69) is 26.3 Å². The number of aliphatic hydroxyl groups is 10. The predicted molar refractivity (Wildman–Crippen MR) is 209 cm³/mol. The predicted octanol–water partition coefficient (Wildman–Crippen LogP) is -12.1. The molecule has 0 spiro atoms. The summed E-state index contributed by atoms with van der Waals surface area (Å²) in [5.41, 5.74) is 16.0. The maximum Gasteiger partial charge on any atom is 0.326 e. The minimum absolute atomic E-state index is 0.0235. The Morgan fingerprint density at radius 3 is 1.70 bits per heavy atom. The summed E-state index contributed by atoms with van der Waals surface area (Å²) in [6.07, 6.45) is -20.5. The first kappa shape index (κ1) is 55.6. The van der Waals surface area contributed by atoms with E-state index in [0.717, 1.165) is 6.92 Å². The zero-order chi connectivity index (χ0) is 48.6. The van der Waals surface area contributed by atoms with Gasteiger partial charge in [-0.1, -0.05) is 0 Å². The van der Waals surface area contributed by atoms with Crippen LogP contribution in [0.1, 0.15) is 26.7 Å². The molecule has 64 heavy (non-hydrogen) atoms. The topological polar surface area (TPSA) is 512 Å². The molecule has 0 bridgehead atoms. The number of nitrogens with two attached hydrogens (primary N) is 3. The lowest BCUT2D eigenvalue weighted by Crippen LogP contribution is -2.66. The molecule has 2 aliphatic rings. The highest BCUT2D eigenvalue weighted by Crippen LogP contribution is 2.30. The highest BCUT2D eigenvalue weighted by atomic mass is 16.7. The van der Waals surface area contributed by atoms with Crippen LogP contribution in [0.5, 0.6) is 0 Å². The first-order valence-electron chi connectivity index (χ1n) is 19.7. The van der Waals surface area contributed by atoms with Gasteiger partial charge in [-0.05, 0) is 26.7 Å². The highest BCUT2D eigenvalue weighted by molar-refractivity contribution is 5.96. The maximum absolute atomic E-state index is 13.8. The zero-order valence-corrected chi connectivity index (χ0v) is 34.7. The number of carbonyl (C=O) groups excluding carboxylic acids is 5. The third kappa shape index (κ3) is 15.6. The number of nitrogens with one attached hydrogen (secondary N) is 5. The highest BCUT2D eigenvalue weighted by Gasteiger charge is 2.51. The fraction of sp³-hybridized carbons (Fsp3) is 0.794. The van der Waals surface area contributed by atoms with E-state index >= 15 is 0 Å². The Bertz CT molecular complexity index is 1580. The van der Waals surface area contributed by atoms with Crippen molar-refractivity contribution < 1.29 is 104 Å². The number of amides is 5. The molecule has 2 rings (SSSR count). The number of guanidine groups is 1. The first-order valence-corrected chi connectivity index (χ1v) is 19.7. The molecule has 0 aromatic heterocycles. The van der Waals surface area contributed by atoms with Crippen LogP contribution in [0.4, 0.5) is 0 Å². The molecule has 30 nitrogen and oxygen atoms in total. The Hall–Kier alpha value is -4.51. The molecule has 0 aromatic rings. The summed E-state index contributed by atoms with van der Waals surface area (Å²) in [6, 6.07) is -10.2. The first-order chi connectivity index (χ1) is 30.1. The summed E-state index contributed by atoms with van der Waals surface area (Å²) in [5.74, 6) is -7.69. The third-order valence-electron chi connectivity index (χ3n) is 9.84. The van der Waals surface area contributed by atoms with Crippen LogP contribution >= 0.6 is 0 Å². The molecule has 22 N–H and O–H groups in total. The van der Waals surface area contributed by atoms with E-state index in [0.29, 0.717) is 0 Å². The van der Waals surface area contributed by atoms with Gasteiger partial charge in [-0.3, -0.25) is 29.0 Å². The van der Waals surface area contributed by atoms with E-state index in [9.17, 15) is 79.8 Å². The largest absolute Gasteiger partial charge is 0.480 e. The Balaban J connectivity index is 2.34. The maximum atomic E-state index is 13.8. The van der Waals surface area contributed by atoms with Gasteiger partial charge in [0.1, 0.15) is 85.1 Å². The van der Waals surface area contributed by atoms with Crippen molar-refractivity contribution in [3.8, 4) is 0 Å². The van der Waals surface area contributed by atoms with Crippen molar-refractivity contribution in [3.63, 3.8) is 0 Å². The van der Waals surface area contributed by atoms with Crippen molar-refractivity contribution in [3.05, 3.63) is 0 Å². The minimum atomic E-state index is -2.14. The molecule has 0 aliphatic carbocycles. The minimum Gasteiger partial charge on any atom is -0.480 e. The van der Waals surface area contributed by atoms with Gasteiger partial charge in [0.05, 0.1) is 39.1 Å². The zero-order valence-electron chi connectivity index (χ0n) is 34.7. The molecule has 0 unspecified atom stereocenters. The van der Waals surface area contributed by atoms with Gasteiger partial charge in [0.25, 0.3) is 0 Å². The number of ether oxygens (including phenoxy) is 4. The van der Waals surface area contributed by atoms with Gasteiger partial charge in [0.15, 0.2) is 18.5 Å². The second-order valence-corrected chi connectivity index (χ2v) is 14.7. The molecular weight excluding hydrogens is 870 g/mol. The van der Waals surface area contributed by atoms with E-state index in [1.807, 2.05) is 5.32 Å². The van der Waals surface area contributed by atoms with Crippen LogP contribution in [0.2, 0.25) is 0 Å². The van der Waals surface area contributed by atoms with E-state index in [1.54, 1.807) is 0 Å². The Morgan fingerprint density at radius 1 is 0.641 bits per heavy atom. The van der Waals surface area contributed by atoms with Crippen LogP contribution in [0, 0.1) is 0 Å². The Labute approximate surface area is 364 Å². The van der Waals surface area contributed by atoms with Crippen LogP contribution < -0.4 is 43.8 Å². The van der Waals surface area contributed by atoms with Gasteiger partial charge in [0, 0.05) is 6.54 Å². The summed E-state index contributed by atoms with van der Waals surface area (Å²) in [7, 11) is 0. The SMILES string of the molecule is C[C@H](NC(=O)[C@@H](N)CO)C(=O)N[C@@H](CO)C(=O)N[C@@H](CO)C(=O)N[C@H](C(=O)N[C@@H](CCCN=C(N)N)C(=O)O)[C@@H](C)O[C@H]1O[C@H](CO)[C@@H](O[C@@H]2O[C@H](CO)[C@H](O)[C@H](O)[C@H]2O)[C@H](O)[C@H]1O. The van der Waals surface area contributed by atoms with Gasteiger partial charge >= 0.3 is 5.97 Å². The van der Waals surface area contributed by atoms with Gasteiger partial charge in [0.2, 0.25) is 29.5 Å². The second-order valence-electron chi connectivity index (χ2n) is 14.7. The smallest absolute Gasteiger partial charge is 0.326 e. The number of carbonyl (C=O) groups is 6. The molecule has 2 fully saturated rings. The van der Waals surface area contributed by atoms with Crippen molar-refractivity contribution in [2.45, 2.75) is 130 Å². The molecule has 17 atom stereocenters. The fourth-order valence-electron chi connectivity index (χ4n) is 6.06. The van der Waals surface area contributed by atoms with Crippen LogP contribution in [-0.4, -0.2) is 241 Å². The van der Waals surface area contributed by atoms with E-state index in [1.165, 1.54) is 6.92 Å². The number of hydrogen-bond acceptors (Lipinski definition) is 22.